The highest BCUT2D eigenvalue weighted by atomic mass is 19.3. The minimum atomic E-state index is -3.14. The molecular weight excluding hydrogens is 178 g/mol. The number of nitrogens with one attached hydrogen (secondary N) is 1. The zero-order valence-electron chi connectivity index (χ0n) is 7.51. The first kappa shape index (κ1) is 10.0. The molecule has 0 fully saturated rings. The Bertz CT molecular complexity index is 282. The predicted octanol–water partition coefficient (Wildman–Crippen LogP) is 0.979. The molecule has 1 rings (SSSR count). The quantitative estimate of drug-likeness (QED) is 0.746. The van der Waals surface area contributed by atoms with Gasteiger partial charge >= 0.3 is 5.92 Å². The minimum Gasteiger partial charge on any atom is -0.325 e. The van der Waals surface area contributed by atoms with Gasteiger partial charge in [-0.2, -0.15) is 13.9 Å². The van der Waals surface area contributed by atoms with Crippen molar-refractivity contribution in [3.05, 3.63) is 11.6 Å². The van der Waals surface area contributed by atoms with Crippen molar-refractivity contribution in [1.82, 2.24) is 15.2 Å². The van der Waals surface area contributed by atoms with Crippen molar-refractivity contribution in [3.8, 4) is 0 Å². The van der Waals surface area contributed by atoms with Crippen molar-refractivity contribution in [1.29, 1.82) is 0 Å². The summed E-state index contributed by atoms with van der Waals surface area (Å²) in [6.45, 7) is 2.90. The van der Waals surface area contributed by atoms with E-state index in [1.807, 2.05) is 13.8 Å². The number of nitrogens with zero attached hydrogens (tertiary/aromatic N) is 2. The van der Waals surface area contributed by atoms with Crippen LogP contribution in [0.25, 0.3) is 0 Å². The van der Waals surface area contributed by atoms with E-state index in [9.17, 15) is 8.78 Å². The summed E-state index contributed by atoms with van der Waals surface area (Å²) >= 11 is 0. The van der Waals surface area contributed by atoms with Crippen molar-refractivity contribution in [2.75, 3.05) is 6.54 Å². The Hall–Kier alpha value is -1.04. The van der Waals surface area contributed by atoms with Gasteiger partial charge in [-0.05, 0) is 0 Å². The van der Waals surface area contributed by atoms with Crippen LogP contribution in [-0.2, 0) is 5.92 Å². The first-order valence-electron chi connectivity index (χ1n) is 3.98. The number of hydrogen-bond acceptors (Lipinski definition) is 3. The Labute approximate surface area is 74.5 Å². The van der Waals surface area contributed by atoms with Gasteiger partial charge in [0.25, 0.3) is 0 Å². The summed E-state index contributed by atoms with van der Waals surface area (Å²) in [5, 5.41) is 5.86. The third-order valence-corrected chi connectivity index (χ3v) is 1.63. The number of halogens is 2. The Balaban J connectivity index is 2.91. The first-order chi connectivity index (χ1) is 5.97. The summed E-state index contributed by atoms with van der Waals surface area (Å²) in [6.07, 6.45) is 0. The SMILES string of the molecule is CC(C)c1nc(C(F)(F)CN)n[nH]1. The molecule has 3 N–H and O–H groups in total. The molecule has 0 radical (unpaired) electrons. The largest absolute Gasteiger partial charge is 0.325 e. The predicted molar refractivity (Wildman–Crippen MR) is 43.4 cm³/mol. The number of H-pyrrole nitrogens is 1. The molecule has 74 valence electrons. The first-order valence-corrected chi connectivity index (χ1v) is 3.98. The molecule has 0 saturated carbocycles. The standard InChI is InChI=1S/C7H12F2N4/c1-4(2)5-11-6(13-12-5)7(8,9)3-10/h4H,3,10H2,1-2H3,(H,11,12,13). The van der Waals surface area contributed by atoms with Gasteiger partial charge in [0.05, 0.1) is 6.54 Å². The van der Waals surface area contributed by atoms with Crippen molar-refractivity contribution >= 4 is 0 Å². The summed E-state index contributed by atoms with van der Waals surface area (Å²) in [5.41, 5.74) is 4.88. The van der Waals surface area contributed by atoms with Crippen molar-refractivity contribution in [3.63, 3.8) is 0 Å². The van der Waals surface area contributed by atoms with Crippen LogP contribution in [0, 0.1) is 0 Å². The normalized spacial score (nSPS) is 12.5. The molecule has 0 aliphatic carbocycles. The average Bonchev–Trinajstić information content (AvgIpc) is 2.52. The van der Waals surface area contributed by atoms with E-state index in [1.165, 1.54) is 0 Å². The molecule has 6 heteroatoms. The third-order valence-electron chi connectivity index (χ3n) is 1.63. The molecule has 0 aliphatic rings. The Kier molecular flexibility index (Phi) is 2.60. The molecule has 0 aromatic carbocycles. The van der Waals surface area contributed by atoms with Crippen LogP contribution >= 0.6 is 0 Å². The van der Waals surface area contributed by atoms with E-state index in [1.54, 1.807) is 0 Å². The van der Waals surface area contributed by atoms with Crippen LogP contribution in [0.15, 0.2) is 0 Å². The summed E-state index contributed by atoms with van der Waals surface area (Å²) in [5.74, 6) is -3.17. The number of aromatic nitrogens is 3. The number of aromatic amines is 1. The van der Waals surface area contributed by atoms with Crippen LogP contribution in [0.3, 0.4) is 0 Å². The zero-order chi connectivity index (χ0) is 10.1. The molecule has 1 aromatic rings. The number of hydrogen-bond donors (Lipinski definition) is 2. The topological polar surface area (TPSA) is 67.6 Å². The molecule has 0 saturated heterocycles. The molecule has 4 nitrogen and oxygen atoms in total. The van der Waals surface area contributed by atoms with E-state index in [0.29, 0.717) is 5.82 Å². The Morgan fingerprint density at radius 3 is 2.54 bits per heavy atom. The molecular formula is C7H12F2N4. The van der Waals surface area contributed by atoms with Crippen molar-refractivity contribution in [2.24, 2.45) is 5.73 Å². The second-order valence-electron chi connectivity index (χ2n) is 3.11. The maximum atomic E-state index is 12.9. The van der Waals surface area contributed by atoms with E-state index in [-0.39, 0.29) is 5.92 Å². The second-order valence-corrected chi connectivity index (χ2v) is 3.11. The lowest BCUT2D eigenvalue weighted by molar-refractivity contribution is -0.00322. The molecule has 0 unspecified atom stereocenters. The molecule has 13 heavy (non-hydrogen) atoms. The van der Waals surface area contributed by atoms with Gasteiger partial charge in [0.2, 0.25) is 5.82 Å². The van der Waals surface area contributed by atoms with Crippen LogP contribution in [0.1, 0.15) is 31.4 Å². The highest BCUT2D eigenvalue weighted by molar-refractivity contribution is 5.01. The molecule has 0 bridgehead atoms. The fourth-order valence-electron chi connectivity index (χ4n) is 0.787. The molecule has 1 aromatic heterocycles. The van der Waals surface area contributed by atoms with Crippen LogP contribution in [0.4, 0.5) is 8.78 Å². The van der Waals surface area contributed by atoms with Crippen molar-refractivity contribution < 1.29 is 8.78 Å². The van der Waals surface area contributed by atoms with Gasteiger partial charge in [0, 0.05) is 5.92 Å². The number of nitrogens with two attached hydrogens (primary N) is 1. The van der Waals surface area contributed by atoms with E-state index in [0.717, 1.165) is 0 Å². The summed E-state index contributed by atoms with van der Waals surface area (Å²) < 4.78 is 25.8. The second kappa shape index (κ2) is 3.37. The Morgan fingerprint density at radius 1 is 1.54 bits per heavy atom. The lowest BCUT2D eigenvalue weighted by Crippen LogP contribution is -2.26. The fourth-order valence-corrected chi connectivity index (χ4v) is 0.787. The highest BCUT2D eigenvalue weighted by Gasteiger charge is 2.34. The molecule has 0 amide bonds. The minimum absolute atomic E-state index is 0.0508. The smallest absolute Gasteiger partial charge is 0.320 e. The van der Waals surface area contributed by atoms with E-state index < -0.39 is 18.3 Å². The van der Waals surface area contributed by atoms with Crippen LogP contribution in [0.2, 0.25) is 0 Å². The van der Waals surface area contributed by atoms with Gasteiger partial charge in [-0.1, -0.05) is 13.8 Å². The van der Waals surface area contributed by atoms with E-state index in [2.05, 4.69) is 15.2 Å². The maximum absolute atomic E-state index is 12.9. The molecule has 0 atom stereocenters. The van der Waals surface area contributed by atoms with Gasteiger partial charge in [-0.3, -0.25) is 5.10 Å². The molecule has 1 heterocycles. The summed E-state index contributed by atoms with van der Waals surface area (Å²) in [7, 11) is 0. The Morgan fingerprint density at radius 2 is 2.15 bits per heavy atom. The zero-order valence-corrected chi connectivity index (χ0v) is 7.51. The molecule has 0 aliphatic heterocycles. The number of alkyl halides is 2. The monoisotopic (exact) mass is 190 g/mol. The van der Waals surface area contributed by atoms with Crippen LogP contribution in [-0.4, -0.2) is 21.7 Å². The average molecular weight is 190 g/mol. The van der Waals surface area contributed by atoms with Gasteiger partial charge in [0.15, 0.2) is 0 Å². The van der Waals surface area contributed by atoms with Gasteiger partial charge in [-0.25, -0.2) is 4.98 Å². The van der Waals surface area contributed by atoms with Crippen molar-refractivity contribution in [2.45, 2.75) is 25.7 Å². The van der Waals surface area contributed by atoms with E-state index >= 15 is 0 Å². The van der Waals surface area contributed by atoms with Crippen LogP contribution < -0.4 is 5.73 Å². The lowest BCUT2D eigenvalue weighted by atomic mass is 10.2. The van der Waals surface area contributed by atoms with Gasteiger partial charge in [0.1, 0.15) is 5.82 Å². The van der Waals surface area contributed by atoms with Gasteiger partial charge < -0.3 is 5.73 Å². The number of rotatable bonds is 3. The maximum Gasteiger partial charge on any atom is 0.320 e. The highest BCUT2D eigenvalue weighted by Crippen LogP contribution is 2.23. The molecule has 0 spiro atoms. The summed E-state index contributed by atoms with van der Waals surface area (Å²) in [4.78, 5) is 3.66. The summed E-state index contributed by atoms with van der Waals surface area (Å²) in [6, 6.07) is 0. The van der Waals surface area contributed by atoms with E-state index in [4.69, 9.17) is 5.73 Å². The lowest BCUT2D eigenvalue weighted by Gasteiger charge is -2.07. The van der Waals surface area contributed by atoms with Crippen LogP contribution in [0.5, 0.6) is 0 Å². The van der Waals surface area contributed by atoms with Gasteiger partial charge in [-0.15, -0.1) is 0 Å². The third kappa shape index (κ3) is 2.00. The fraction of sp³-hybridized carbons (Fsp3) is 0.714.